The topological polar surface area (TPSA) is 46.9 Å². The number of anilines is 1. The Labute approximate surface area is 138 Å². The summed E-state index contributed by atoms with van der Waals surface area (Å²) in [6.07, 6.45) is 1.79. The molecule has 3 fully saturated rings. The van der Waals surface area contributed by atoms with Crippen LogP contribution in [-0.4, -0.2) is 27.8 Å². The van der Waals surface area contributed by atoms with E-state index >= 15 is 0 Å². The van der Waals surface area contributed by atoms with Crippen LogP contribution in [0.1, 0.15) is 62.7 Å². The summed E-state index contributed by atoms with van der Waals surface area (Å²) in [7, 11) is 0. The number of nitrogens with one attached hydrogen (secondary N) is 1. The molecule has 0 unspecified atom stereocenters. The van der Waals surface area contributed by atoms with Crippen molar-refractivity contribution in [1.29, 1.82) is 0 Å². The van der Waals surface area contributed by atoms with E-state index in [1.54, 1.807) is 11.6 Å². The molecule has 0 aromatic carbocycles. The summed E-state index contributed by atoms with van der Waals surface area (Å²) in [4.78, 5) is 12.2. The van der Waals surface area contributed by atoms with Gasteiger partial charge in [0.15, 0.2) is 0 Å². The van der Waals surface area contributed by atoms with Crippen LogP contribution in [0.4, 0.5) is 19.0 Å². The lowest BCUT2D eigenvalue weighted by atomic mass is 9.65. The zero-order chi connectivity index (χ0) is 17.3. The summed E-state index contributed by atoms with van der Waals surface area (Å²) in [5.74, 6) is -2.99. The Balaban J connectivity index is 1.65. The van der Waals surface area contributed by atoms with E-state index in [1.807, 2.05) is 6.92 Å². The highest BCUT2D eigenvalue weighted by atomic mass is 19.3. The van der Waals surface area contributed by atoms with Crippen LogP contribution in [0.2, 0.25) is 0 Å². The molecule has 1 aromatic heterocycles. The first-order valence-corrected chi connectivity index (χ1v) is 8.62. The van der Waals surface area contributed by atoms with E-state index in [2.05, 4.69) is 10.4 Å². The van der Waals surface area contributed by atoms with Gasteiger partial charge in [-0.3, -0.25) is 4.79 Å². The van der Waals surface area contributed by atoms with Gasteiger partial charge in [-0.2, -0.15) is 5.10 Å². The van der Waals surface area contributed by atoms with Crippen LogP contribution >= 0.6 is 0 Å². The predicted octanol–water partition coefficient (Wildman–Crippen LogP) is 3.90. The lowest BCUT2D eigenvalue weighted by molar-refractivity contribution is -0.122. The fourth-order valence-corrected chi connectivity index (χ4v) is 4.04. The van der Waals surface area contributed by atoms with Gasteiger partial charge < -0.3 is 5.32 Å². The third kappa shape index (κ3) is 2.43. The summed E-state index contributed by atoms with van der Waals surface area (Å²) in [6, 6.07) is 0.192. The molecule has 1 N–H and O–H groups in total. The molecule has 1 amide bonds. The van der Waals surface area contributed by atoms with Gasteiger partial charge in [-0.15, -0.1) is 0 Å². The molecule has 4 nitrogen and oxygen atoms in total. The molecule has 1 heterocycles. The van der Waals surface area contributed by atoms with Crippen LogP contribution in [0.3, 0.4) is 0 Å². The average Bonchev–Trinajstić information content (AvgIpc) is 3.04. The molecule has 4 rings (SSSR count). The Kier molecular flexibility index (Phi) is 3.32. The largest absolute Gasteiger partial charge is 0.310 e. The lowest BCUT2D eigenvalue weighted by Gasteiger charge is -2.44. The van der Waals surface area contributed by atoms with E-state index in [1.165, 1.54) is 0 Å². The maximum atomic E-state index is 13.4. The number of amides is 1. The Hall–Kier alpha value is -1.53. The van der Waals surface area contributed by atoms with Crippen LogP contribution < -0.4 is 5.32 Å². The van der Waals surface area contributed by atoms with E-state index in [9.17, 15) is 18.0 Å². The second-order valence-electron chi connectivity index (χ2n) is 7.97. The number of hydrogen-bond donors (Lipinski definition) is 1. The van der Waals surface area contributed by atoms with Crippen molar-refractivity contribution >= 4 is 11.7 Å². The standard InChI is InChI=1S/C17H22F3N3O/c1-9-13(16(2)7-17(19,20)8-16)22-23(10-4-3-5-10)14(9)21-15(24)11-6-12(11)18/h10-12H,3-8H2,1-2H3,(H,21,24)/t11-,12+/m0/s1. The van der Waals surface area contributed by atoms with Gasteiger partial charge in [0.25, 0.3) is 0 Å². The minimum absolute atomic E-state index is 0.192. The van der Waals surface area contributed by atoms with Gasteiger partial charge in [0.1, 0.15) is 12.0 Å². The van der Waals surface area contributed by atoms with Crippen molar-refractivity contribution in [2.75, 3.05) is 5.32 Å². The van der Waals surface area contributed by atoms with Gasteiger partial charge in [-0.25, -0.2) is 17.9 Å². The Bertz CT molecular complexity index is 687. The number of rotatable bonds is 4. The van der Waals surface area contributed by atoms with Gasteiger partial charge in [0.2, 0.25) is 11.8 Å². The number of halogens is 3. The van der Waals surface area contributed by atoms with Crippen molar-refractivity contribution in [3.63, 3.8) is 0 Å². The summed E-state index contributed by atoms with van der Waals surface area (Å²) in [5.41, 5.74) is 0.720. The number of nitrogens with zero attached hydrogens (tertiary/aromatic N) is 2. The van der Waals surface area contributed by atoms with Crippen LogP contribution in [0, 0.1) is 12.8 Å². The Morgan fingerprint density at radius 2 is 1.96 bits per heavy atom. The monoisotopic (exact) mass is 341 g/mol. The zero-order valence-corrected chi connectivity index (χ0v) is 13.9. The van der Waals surface area contributed by atoms with Crippen molar-refractivity contribution in [3.8, 4) is 0 Å². The first kappa shape index (κ1) is 16.0. The molecule has 7 heteroatoms. The molecule has 24 heavy (non-hydrogen) atoms. The molecular formula is C17H22F3N3O. The number of alkyl halides is 3. The molecule has 3 aliphatic rings. The molecule has 0 saturated heterocycles. The number of carbonyl (C=O) groups is 1. The summed E-state index contributed by atoms with van der Waals surface area (Å²) in [5, 5.41) is 7.43. The summed E-state index contributed by atoms with van der Waals surface area (Å²) in [6.45, 7) is 3.61. The van der Waals surface area contributed by atoms with Crippen LogP contribution in [-0.2, 0) is 10.2 Å². The SMILES string of the molecule is Cc1c(C2(C)CC(F)(F)C2)nn(C2CCC2)c1NC(=O)[C@H]1C[C@H]1F. The highest BCUT2D eigenvalue weighted by molar-refractivity contribution is 5.94. The molecule has 0 bridgehead atoms. The van der Waals surface area contributed by atoms with Crippen LogP contribution in [0.5, 0.6) is 0 Å². The molecule has 0 aliphatic heterocycles. The van der Waals surface area contributed by atoms with Crippen LogP contribution in [0.15, 0.2) is 0 Å². The molecule has 0 radical (unpaired) electrons. The summed E-state index contributed by atoms with van der Waals surface area (Å²) >= 11 is 0. The molecule has 1 aromatic rings. The highest BCUT2D eigenvalue weighted by Gasteiger charge is 2.56. The number of hydrogen-bond acceptors (Lipinski definition) is 2. The molecular weight excluding hydrogens is 319 g/mol. The Morgan fingerprint density at radius 3 is 2.42 bits per heavy atom. The first-order valence-electron chi connectivity index (χ1n) is 8.62. The third-order valence-electron chi connectivity index (χ3n) is 5.73. The molecule has 0 spiro atoms. The maximum Gasteiger partial charge on any atom is 0.250 e. The molecule has 3 aliphatic carbocycles. The number of carbonyl (C=O) groups excluding carboxylic acids is 1. The van der Waals surface area contributed by atoms with Crippen molar-refractivity contribution < 1.29 is 18.0 Å². The minimum Gasteiger partial charge on any atom is -0.310 e. The smallest absolute Gasteiger partial charge is 0.250 e. The van der Waals surface area contributed by atoms with Crippen molar-refractivity contribution in [1.82, 2.24) is 9.78 Å². The molecule has 2 atom stereocenters. The van der Waals surface area contributed by atoms with E-state index in [4.69, 9.17) is 0 Å². The number of aromatic nitrogens is 2. The average molecular weight is 341 g/mol. The third-order valence-corrected chi connectivity index (χ3v) is 5.73. The second kappa shape index (κ2) is 4.99. The highest BCUT2D eigenvalue weighted by Crippen LogP contribution is 2.54. The first-order chi connectivity index (χ1) is 11.2. The van der Waals surface area contributed by atoms with Gasteiger partial charge >= 0.3 is 0 Å². The minimum atomic E-state index is -2.64. The van der Waals surface area contributed by atoms with E-state index in [-0.39, 0.29) is 31.2 Å². The normalized spacial score (nSPS) is 30.4. The van der Waals surface area contributed by atoms with Gasteiger partial charge in [-0.1, -0.05) is 6.92 Å². The molecule has 132 valence electrons. The fraction of sp³-hybridized carbons (Fsp3) is 0.765. The van der Waals surface area contributed by atoms with E-state index < -0.39 is 23.4 Å². The van der Waals surface area contributed by atoms with E-state index in [0.29, 0.717) is 11.5 Å². The van der Waals surface area contributed by atoms with Gasteiger partial charge in [0, 0.05) is 23.8 Å². The van der Waals surface area contributed by atoms with Gasteiger partial charge in [-0.05, 0) is 32.6 Å². The van der Waals surface area contributed by atoms with Gasteiger partial charge in [0.05, 0.1) is 17.7 Å². The van der Waals surface area contributed by atoms with Crippen LogP contribution in [0.25, 0.3) is 0 Å². The van der Waals surface area contributed by atoms with E-state index in [0.717, 1.165) is 24.8 Å². The fourth-order valence-electron chi connectivity index (χ4n) is 4.04. The zero-order valence-electron chi connectivity index (χ0n) is 13.9. The van der Waals surface area contributed by atoms with Crippen molar-refractivity contribution in [2.45, 2.75) is 75.9 Å². The predicted molar refractivity (Wildman–Crippen MR) is 83.0 cm³/mol. The molecule has 3 saturated carbocycles. The Morgan fingerprint density at radius 1 is 1.33 bits per heavy atom. The maximum absolute atomic E-state index is 13.4. The van der Waals surface area contributed by atoms with Crippen molar-refractivity contribution in [2.24, 2.45) is 5.92 Å². The summed E-state index contributed by atoms with van der Waals surface area (Å²) < 4.78 is 41.8. The second-order valence-corrected chi connectivity index (χ2v) is 7.97. The van der Waals surface area contributed by atoms with Crippen molar-refractivity contribution in [3.05, 3.63) is 11.3 Å². The quantitative estimate of drug-likeness (QED) is 0.903. The lowest BCUT2D eigenvalue weighted by Crippen LogP contribution is -2.47.